The van der Waals surface area contributed by atoms with E-state index >= 15 is 0 Å². The molecule has 2 aromatic rings. The van der Waals surface area contributed by atoms with Crippen molar-refractivity contribution in [2.45, 2.75) is 13.3 Å². The third kappa shape index (κ3) is 2.65. The zero-order valence-electron chi connectivity index (χ0n) is 10.8. The Morgan fingerprint density at radius 1 is 1.47 bits per heavy atom. The summed E-state index contributed by atoms with van der Waals surface area (Å²) in [6.07, 6.45) is 4.10. The molecule has 0 aliphatic rings. The molecule has 0 atom stereocenters. The van der Waals surface area contributed by atoms with Gasteiger partial charge in [0.15, 0.2) is 0 Å². The fourth-order valence-corrected chi connectivity index (χ4v) is 1.82. The fourth-order valence-electron chi connectivity index (χ4n) is 1.82. The van der Waals surface area contributed by atoms with Crippen molar-refractivity contribution in [2.24, 2.45) is 12.8 Å². The number of carbonyl (C=O) groups excluding carboxylic acids is 1. The van der Waals surface area contributed by atoms with E-state index in [0.29, 0.717) is 11.3 Å². The van der Waals surface area contributed by atoms with Crippen molar-refractivity contribution in [3.63, 3.8) is 0 Å². The molecule has 0 radical (unpaired) electrons. The molecule has 19 heavy (non-hydrogen) atoms. The highest BCUT2D eigenvalue weighted by molar-refractivity contribution is 5.99. The van der Waals surface area contributed by atoms with Crippen molar-refractivity contribution >= 4 is 23.1 Å². The summed E-state index contributed by atoms with van der Waals surface area (Å²) in [5.74, 6) is -0.306. The normalized spacial score (nSPS) is 10.4. The summed E-state index contributed by atoms with van der Waals surface area (Å²) in [7, 11) is 1.83. The minimum absolute atomic E-state index is 0.251. The Hall–Kier alpha value is -2.57. The minimum Gasteiger partial charge on any atom is -0.384 e. The van der Waals surface area contributed by atoms with Crippen LogP contribution in [0.5, 0.6) is 0 Å². The first-order valence-corrected chi connectivity index (χ1v) is 5.86. The average molecular weight is 260 g/mol. The quantitative estimate of drug-likeness (QED) is 0.752. The Kier molecular flexibility index (Phi) is 3.37. The third-order valence-corrected chi connectivity index (χ3v) is 2.70. The van der Waals surface area contributed by atoms with E-state index in [1.807, 2.05) is 20.2 Å². The summed E-state index contributed by atoms with van der Waals surface area (Å²) in [6, 6.07) is 1.45. The van der Waals surface area contributed by atoms with E-state index < -0.39 is 5.91 Å². The van der Waals surface area contributed by atoms with Gasteiger partial charge in [0.05, 0.1) is 28.8 Å². The molecule has 0 aliphatic heterocycles. The Bertz CT molecular complexity index is 619. The van der Waals surface area contributed by atoms with Crippen molar-refractivity contribution in [2.75, 3.05) is 11.1 Å². The second-order valence-corrected chi connectivity index (χ2v) is 4.16. The van der Waals surface area contributed by atoms with Crippen LogP contribution in [0.25, 0.3) is 0 Å². The Morgan fingerprint density at radius 2 is 2.21 bits per heavy atom. The van der Waals surface area contributed by atoms with Gasteiger partial charge in [0.2, 0.25) is 0 Å². The van der Waals surface area contributed by atoms with Gasteiger partial charge >= 0.3 is 0 Å². The van der Waals surface area contributed by atoms with Gasteiger partial charge < -0.3 is 16.8 Å². The first-order chi connectivity index (χ1) is 9.01. The van der Waals surface area contributed by atoms with Crippen LogP contribution in [0.1, 0.15) is 23.0 Å². The van der Waals surface area contributed by atoms with E-state index in [1.165, 1.54) is 12.3 Å². The lowest BCUT2D eigenvalue weighted by Gasteiger charge is -2.09. The topological polar surface area (TPSA) is 112 Å². The molecule has 5 N–H and O–H groups in total. The average Bonchev–Trinajstić information content (AvgIpc) is 2.71. The van der Waals surface area contributed by atoms with Crippen LogP contribution in [0.4, 0.5) is 17.2 Å². The maximum Gasteiger partial charge on any atom is 0.251 e. The van der Waals surface area contributed by atoms with Gasteiger partial charge in [-0.05, 0) is 12.5 Å². The lowest BCUT2D eigenvalue weighted by Crippen LogP contribution is -2.14. The van der Waals surface area contributed by atoms with Crippen molar-refractivity contribution in [1.82, 2.24) is 14.8 Å². The highest BCUT2D eigenvalue weighted by Gasteiger charge is 2.12. The number of carbonyl (C=O) groups is 1. The number of nitrogens with zero attached hydrogens (tertiary/aromatic N) is 3. The predicted molar refractivity (Wildman–Crippen MR) is 73.0 cm³/mol. The van der Waals surface area contributed by atoms with Crippen LogP contribution in [0, 0.1) is 0 Å². The first-order valence-electron chi connectivity index (χ1n) is 5.86. The van der Waals surface area contributed by atoms with E-state index in [-0.39, 0.29) is 5.82 Å². The van der Waals surface area contributed by atoms with E-state index in [0.717, 1.165) is 17.8 Å². The third-order valence-electron chi connectivity index (χ3n) is 2.70. The lowest BCUT2D eigenvalue weighted by molar-refractivity contribution is 0.100. The van der Waals surface area contributed by atoms with Crippen molar-refractivity contribution < 1.29 is 4.79 Å². The van der Waals surface area contributed by atoms with E-state index in [9.17, 15) is 4.79 Å². The molecule has 0 bridgehead atoms. The Morgan fingerprint density at radius 3 is 2.84 bits per heavy atom. The van der Waals surface area contributed by atoms with Crippen LogP contribution in [-0.4, -0.2) is 20.7 Å². The minimum atomic E-state index is -0.557. The zero-order valence-corrected chi connectivity index (χ0v) is 10.8. The van der Waals surface area contributed by atoms with Crippen LogP contribution in [0.15, 0.2) is 18.5 Å². The number of aromatic nitrogens is 3. The molecule has 100 valence electrons. The summed E-state index contributed by atoms with van der Waals surface area (Å²) < 4.78 is 1.70. The van der Waals surface area contributed by atoms with Gasteiger partial charge in [-0.2, -0.15) is 5.10 Å². The van der Waals surface area contributed by atoms with Gasteiger partial charge in [0.1, 0.15) is 5.82 Å². The fraction of sp³-hybridized carbons (Fsp3) is 0.250. The molecule has 1 amide bonds. The summed E-state index contributed by atoms with van der Waals surface area (Å²) in [5.41, 5.74) is 13.4. The number of hydrogen-bond acceptors (Lipinski definition) is 5. The van der Waals surface area contributed by atoms with Crippen LogP contribution < -0.4 is 16.8 Å². The molecule has 0 aliphatic carbocycles. The molecule has 0 aromatic carbocycles. The summed E-state index contributed by atoms with van der Waals surface area (Å²) in [6.45, 7) is 2.00. The maximum absolute atomic E-state index is 11.4. The summed E-state index contributed by atoms with van der Waals surface area (Å²) in [5, 5.41) is 7.43. The molecular weight excluding hydrogens is 244 g/mol. The SMILES string of the molecule is CCc1nn(C)cc1Nc1cnc(N)cc1C(N)=O. The van der Waals surface area contributed by atoms with Crippen molar-refractivity contribution in [3.05, 3.63) is 29.7 Å². The van der Waals surface area contributed by atoms with Crippen LogP contribution in [0.2, 0.25) is 0 Å². The monoisotopic (exact) mass is 260 g/mol. The van der Waals surface area contributed by atoms with E-state index in [1.54, 1.807) is 4.68 Å². The standard InChI is InChI=1S/C12H16N6O/c1-3-8-10(6-18(2)17-8)16-9-5-15-11(13)4-7(9)12(14)19/h4-6,16H,3H2,1-2H3,(H2,13,15)(H2,14,19). The number of primary amides is 1. The van der Waals surface area contributed by atoms with Crippen molar-refractivity contribution in [1.29, 1.82) is 0 Å². The molecule has 2 heterocycles. The lowest BCUT2D eigenvalue weighted by atomic mass is 10.2. The molecule has 0 fully saturated rings. The number of pyridine rings is 1. The van der Waals surface area contributed by atoms with Crippen LogP contribution in [0.3, 0.4) is 0 Å². The van der Waals surface area contributed by atoms with E-state index in [4.69, 9.17) is 11.5 Å². The zero-order chi connectivity index (χ0) is 14.0. The molecule has 0 saturated heterocycles. The van der Waals surface area contributed by atoms with Crippen molar-refractivity contribution in [3.8, 4) is 0 Å². The number of nitrogen functional groups attached to an aromatic ring is 1. The second-order valence-electron chi connectivity index (χ2n) is 4.16. The van der Waals surface area contributed by atoms with Gasteiger partial charge in [0, 0.05) is 13.2 Å². The number of rotatable bonds is 4. The number of hydrogen-bond donors (Lipinski definition) is 3. The maximum atomic E-state index is 11.4. The molecule has 7 heteroatoms. The molecule has 0 unspecified atom stereocenters. The highest BCUT2D eigenvalue weighted by atomic mass is 16.1. The van der Waals surface area contributed by atoms with Gasteiger partial charge in [-0.3, -0.25) is 9.48 Å². The molecular formula is C12H16N6O. The van der Waals surface area contributed by atoms with Crippen LogP contribution in [-0.2, 0) is 13.5 Å². The summed E-state index contributed by atoms with van der Waals surface area (Å²) in [4.78, 5) is 15.4. The summed E-state index contributed by atoms with van der Waals surface area (Å²) >= 11 is 0. The molecule has 2 aromatic heterocycles. The van der Waals surface area contributed by atoms with Crippen LogP contribution >= 0.6 is 0 Å². The Balaban J connectivity index is 2.40. The van der Waals surface area contributed by atoms with Gasteiger partial charge in [-0.15, -0.1) is 0 Å². The largest absolute Gasteiger partial charge is 0.384 e. The number of nitrogens with two attached hydrogens (primary N) is 2. The van der Waals surface area contributed by atoms with E-state index in [2.05, 4.69) is 15.4 Å². The first kappa shape index (κ1) is 12.9. The van der Waals surface area contributed by atoms with Gasteiger partial charge in [-0.25, -0.2) is 4.98 Å². The highest BCUT2D eigenvalue weighted by Crippen LogP contribution is 2.23. The van der Waals surface area contributed by atoms with Gasteiger partial charge in [0.25, 0.3) is 5.91 Å². The Labute approximate surface area is 110 Å². The van der Waals surface area contributed by atoms with Gasteiger partial charge in [-0.1, -0.05) is 6.92 Å². The number of nitrogens with one attached hydrogen (secondary N) is 1. The number of anilines is 3. The molecule has 0 saturated carbocycles. The second kappa shape index (κ2) is 4.97. The number of aryl methyl sites for hydroxylation is 2. The molecule has 2 rings (SSSR count). The molecule has 0 spiro atoms. The smallest absolute Gasteiger partial charge is 0.251 e. The molecule has 7 nitrogen and oxygen atoms in total. The number of amides is 1. The predicted octanol–water partition coefficient (Wildman–Crippen LogP) is 0.802.